The molecule has 452 valence electrons. The predicted molar refractivity (Wildman–Crippen MR) is 275 cm³/mol. The van der Waals surface area contributed by atoms with Crippen LogP contribution >= 0.6 is 0 Å². The molecule has 3 aliphatic carbocycles. The molecule has 0 aromatic heterocycles. The minimum atomic E-state index is -2.69. The molecule has 3 aromatic rings. The fourth-order valence-electron chi connectivity index (χ4n) is 11.9. The van der Waals surface area contributed by atoms with Crippen LogP contribution in [-0.2, 0) is 71.5 Å². The number of nitrogens with one attached hydrogen (secondary N) is 2. The molecule has 0 radical (unpaired) electrons. The maximum atomic E-state index is 16.2. The number of amides is 2. The van der Waals surface area contributed by atoms with E-state index in [2.05, 4.69) is 5.32 Å². The number of aliphatic hydroxyl groups is 1. The molecule has 12 atom stereocenters. The number of benzene rings is 3. The Bertz CT molecular complexity index is 3170. The molecule has 21 nitrogen and oxygen atoms in total. The Hall–Kier alpha value is -8.13. The normalized spacial score (nSPS) is 26.8. The quantitative estimate of drug-likeness (QED) is 0.0279. The topological polar surface area (TPSA) is 300 Å². The van der Waals surface area contributed by atoms with Gasteiger partial charge in [0.05, 0.1) is 23.5 Å². The van der Waals surface area contributed by atoms with Crippen LogP contribution in [-0.4, -0.2) is 130 Å². The van der Waals surface area contributed by atoms with Crippen molar-refractivity contribution < 1.29 is 113 Å². The zero-order chi connectivity index (χ0) is 62.1. The summed E-state index contributed by atoms with van der Waals surface area (Å²) in [6.07, 6.45) is -14.8. The lowest BCUT2D eigenvalue weighted by molar-refractivity contribution is -0.346. The van der Waals surface area contributed by atoms with Crippen LogP contribution in [0.4, 0.5) is 22.0 Å². The second kappa shape index (κ2) is 24.6. The molecule has 2 bridgehead atoms. The number of halogens is 5. The maximum Gasteiger partial charge on any atom is 0.350 e. The SMILES string of the molecule is CCC(=O)O[C@H]1C[C@H]2OC[C@@]2(OC(C)=O)[C@H]2[C@H](OC(=O)c3ccccc3)[C@]3(O)C[C@H](OC(=O)[C@H](OC(=O)CC)[C@@H](NC(=O)[C@@H](CCC(=O)O)NC(=O)c4c(F)c(F)c(F)c(F)c4F)c4ccccc4)C(C)=C([C@@H](OC(C)=O)C(=O)[C@]12C)C3(C)C. The van der Waals surface area contributed by atoms with Gasteiger partial charge < -0.3 is 54.0 Å². The van der Waals surface area contributed by atoms with Crippen LogP contribution in [0.1, 0.15) is 126 Å². The highest BCUT2D eigenvalue weighted by molar-refractivity contribution is 5.99. The second-order valence-electron chi connectivity index (χ2n) is 21.6. The van der Waals surface area contributed by atoms with Crippen molar-refractivity contribution in [3.05, 3.63) is 118 Å². The van der Waals surface area contributed by atoms with Crippen molar-refractivity contribution in [2.75, 3.05) is 6.61 Å². The number of ether oxygens (including phenoxy) is 7. The fraction of sp³-hybridized carbons (Fsp3) is 0.483. The van der Waals surface area contributed by atoms with E-state index in [-0.39, 0.29) is 35.1 Å². The van der Waals surface area contributed by atoms with Crippen LogP contribution in [0.3, 0.4) is 0 Å². The fourth-order valence-corrected chi connectivity index (χ4v) is 11.9. The molecule has 2 amide bonds. The molecule has 2 saturated carbocycles. The summed E-state index contributed by atoms with van der Waals surface area (Å²) >= 11 is 0. The van der Waals surface area contributed by atoms with Crippen molar-refractivity contribution in [3.63, 3.8) is 0 Å². The molecule has 84 heavy (non-hydrogen) atoms. The maximum absolute atomic E-state index is 16.2. The summed E-state index contributed by atoms with van der Waals surface area (Å²) in [4.78, 5) is 139. The number of hydrogen-bond acceptors (Lipinski definition) is 18. The van der Waals surface area contributed by atoms with E-state index in [1.54, 1.807) is 11.4 Å². The van der Waals surface area contributed by atoms with Gasteiger partial charge in [-0.3, -0.25) is 38.4 Å². The summed E-state index contributed by atoms with van der Waals surface area (Å²) in [5.74, 6) is -27.4. The number of hydrogen-bond donors (Lipinski definition) is 4. The summed E-state index contributed by atoms with van der Waals surface area (Å²) < 4.78 is 115. The van der Waals surface area contributed by atoms with Crippen LogP contribution in [0.15, 0.2) is 71.8 Å². The van der Waals surface area contributed by atoms with Gasteiger partial charge in [-0.05, 0) is 49.1 Å². The van der Waals surface area contributed by atoms with Crippen molar-refractivity contribution in [1.29, 1.82) is 0 Å². The van der Waals surface area contributed by atoms with Gasteiger partial charge >= 0.3 is 41.8 Å². The predicted octanol–water partition coefficient (Wildman–Crippen LogP) is 5.70. The van der Waals surface area contributed by atoms with Gasteiger partial charge in [0, 0.05) is 51.4 Å². The lowest BCUT2D eigenvalue weighted by atomic mass is 9.44. The van der Waals surface area contributed by atoms with Gasteiger partial charge in [-0.25, -0.2) is 31.5 Å². The smallest absolute Gasteiger partial charge is 0.350 e. The lowest BCUT2D eigenvalue weighted by Crippen LogP contribution is -2.82. The number of esters is 6. The molecule has 4 aliphatic rings. The Morgan fingerprint density at radius 2 is 1.35 bits per heavy atom. The van der Waals surface area contributed by atoms with Crippen LogP contribution in [0.5, 0.6) is 0 Å². The second-order valence-corrected chi connectivity index (χ2v) is 21.6. The molecule has 3 fully saturated rings. The largest absolute Gasteiger partial charge is 0.481 e. The first-order valence-corrected chi connectivity index (χ1v) is 26.6. The van der Waals surface area contributed by atoms with Gasteiger partial charge in [-0.1, -0.05) is 76.2 Å². The van der Waals surface area contributed by atoms with Gasteiger partial charge in [-0.2, -0.15) is 0 Å². The van der Waals surface area contributed by atoms with E-state index in [1.807, 2.05) is 0 Å². The van der Waals surface area contributed by atoms with Crippen LogP contribution in [0, 0.1) is 45.8 Å². The molecule has 26 heteroatoms. The zero-order valence-electron chi connectivity index (χ0n) is 46.6. The molecule has 3 aromatic carbocycles. The standard InChI is InChI=1S/C58H61F5N2O19/c1-9-36(70)81-33-23-34-57(25-78-34,84-28(5)67)48-50(83-53(75)30-19-15-12-16-20-30)58(77)24-32(26(3)39(55(58,6)7)46(79-27(4)66)49(72)56(33,48)8)80-54(76)47(82-37(71)10-2)45(29-17-13-11-14-18-29)65-51(73)31(21-22-35(68)69)64-52(74)38-40(59)42(61)44(63)43(62)41(38)60/h11-20,31-34,45-48,50,77H,9-10,21-25H2,1-8H3,(H,64,74)(H,65,73)(H,68,69)/t31-,32+,33+,34-,45+,46-,47-,48+,50+,56-,57+,58-/m1/s1. The minimum absolute atomic E-state index is 0.0813. The van der Waals surface area contributed by atoms with Gasteiger partial charge in [0.15, 0.2) is 40.8 Å². The Kier molecular flexibility index (Phi) is 18.6. The first-order valence-electron chi connectivity index (χ1n) is 26.6. The monoisotopic (exact) mass is 1180 g/mol. The molecule has 1 saturated heterocycles. The van der Waals surface area contributed by atoms with E-state index < -0.39 is 203 Å². The third kappa shape index (κ3) is 11.6. The number of carboxylic acid groups (broad SMARTS) is 1. The molecule has 0 spiro atoms. The van der Waals surface area contributed by atoms with Crippen molar-refractivity contribution in [2.45, 2.75) is 154 Å². The van der Waals surface area contributed by atoms with Crippen LogP contribution < -0.4 is 10.6 Å². The van der Waals surface area contributed by atoms with E-state index in [1.165, 1.54) is 96.1 Å². The van der Waals surface area contributed by atoms with Gasteiger partial charge in [-0.15, -0.1) is 0 Å². The molecular weight excluding hydrogens is 1120 g/mol. The molecule has 4 N–H and O–H groups in total. The van der Waals surface area contributed by atoms with Crippen molar-refractivity contribution >= 4 is 59.4 Å². The summed E-state index contributed by atoms with van der Waals surface area (Å²) in [7, 11) is 0. The Balaban J connectivity index is 1.41. The van der Waals surface area contributed by atoms with Crippen molar-refractivity contribution in [3.8, 4) is 0 Å². The third-order valence-electron chi connectivity index (χ3n) is 16.2. The van der Waals surface area contributed by atoms with E-state index in [4.69, 9.17) is 33.2 Å². The van der Waals surface area contributed by atoms with Gasteiger partial charge in [0.1, 0.15) is 47.7 Å². The third-order valence-corrected chi connectivity index (χ3v) is 16.2. The van der Waals surface area contributed by atoms with Crippen LogP contribution in [0.25, 0.3) is 0 Å². The molecule has 1 heterocycles. The zero-order valence-corrected chi connectivity index (χ0v) is 46.6. The number of carbonyl (C=O) groups excluding carboxylic acids is 9. The number of ketones is 1. The Labute approximate surface area is 476 Å². The highest BCUT2D eigenvalue weighted by Gasteiger charge is 2.79. The molecule has 1 aliphatic heterocycles. The Morgan fingerprint density at radius 3 is 1.88 bits per heavy atom. The number of Topliss-reactive ketones (excluding diaryl/α,β-unsaturated/α-hetero) is 1. The van der Waals surface area contributed by atoms with E-state index in [9.17, 15) is 70.5 Å². The number of carboxylic acids is 1. The van der Waals surface area contributed by atoms with Crippen LogP contribution in [0.2, 0.25) is 0 Å². The highest BCUT2D eigenvalue weighted by atomic mass is 19.2. The summed E-state index contributed by atoms with van der Waals surface area (Å²) in [5.41, 5.74) is -11.4. The summed E-state index contributed by atoms with van der Waals surface area (Å²) in [6, 6.07) is 10.0. The van der Waals surface area contributed by atoms with Crippen molar-refractivity contribution in [2.24, 2.45) is 16.7 Å². The molecule has 7 rings (SSSR count). The first kappa shape index (κ1) is 63.5. The Morgan fingerprint density at radius 1 is 0.762 bits per heavy atom. The summed E-state index contributed by atoms with van der Waals surface area (Å²) in [5, 5.41) is 27.8. The van der Waals surface area contributed by atoms with Crippen molar-refractivity contribution in [1.82, 2.24) is 10.6 Å². The van der Waals surface area contributed by atoms with Gasteiger partial charge in [0.25, 0.3) is 5.91 Å². The molecule has 0 unspecified atom stereocenters. The van der Waals surface area contributed by atoms with E-state index in [0.717, 1.165) is 13.8 Å². The minimum Gasteiger partial charge on any atom is -0.481 e. The highest BCUT2D eigenvalue weighted by Crippen LogP contribution is 2.65. The number of rotatable bonds is 19. The van der Waals surface area contributed by atoms with Gasteiger partial charge in [0.2, 0.25) is 17.8 Å². The molecular formula is C58H61F5N2O19. The first-order chi connectivity index (χ1) is 39.4. The van der Waals surface area contributed by atoms with E-state index >= 15 is 9.59 Å². The lowest BCUT2D eigenvalue weighted by Gasteiger charge is -2.67. The number of aliphatic carboxylic acids is 1. The number of fused-ring (bicyclic) bond motifs is 5. The average molecular weight is 1190 g/mol. The average Bonchev–Trinajstić information content (AvgIpc) is 1.74. The summed E-state index contributed by atoms with van der Waals surface area (Å²) in [6.45, 7) is 9.86. The van der Waals surface area contributed by atoms with E-state index in [0.29, 0.717) is 0 Å². The number of carbonyl (C=O) groups is 10.